The SMILES string of the molecule is NC1CCC(NCc2csc3ccccc23)CC1. The maximum Gasteiger partial charge on any atom is 0.0346 e. The minimum atomic E-state index is 0.435. The van der Waals surface area contributed by atoms with Crippen molar-refractivity contribution in [2.75, 3.05) is 0 Å². The van der Waals surface area contributed by atoms with E-state index in [9.17, 15) is 0 Å². The van der Waals surface area contributed by atoms with Crippen molar-refractivity contribution in [3.05, 3.63) is 35.2 Å². The third-order valence-corrected chi connectivity index (χ3v) is 4.93. The van der Waals surface area contributed by atoms with Gasteiger partial charge in [-0.15, -0.1) is 11.3 Å². The summed E-state index contributed by atoms with van der Waals surface area (Å²) in [7, 11) is 0. The predicted octanol–water partition coefficient (Wildman–Crippen LogP) is 3.26. The van der Waals surface area contributed by atoms with Crippen LogP contribution in [0.4, 0.5) is 0 Å². The zero-order chi connectivity index (χ0) is 12.4. The van der Waals surface area contributed by atoms with Crippen LogP contribution in [0.2, 0.25) is 0 Å². The molecule has 18 heavy (non-hydrogen) atoms. The van der Waals surface area contributed by atoms with Gasteiger partial charge in [0.1, 0.15) is 0 Å². The molecule has 0 atom stereocenters. The highest BCUT2D eigenvalue weighted by Crippen LogP contribution is 2.26. The maximum absolute atomic E-state index is 5.94. The first-order valence-electron chi connectivity index (χ1n) is 6.77. The molecule has 1 aromatic carbocycles. The van der Waals surface area contributed by atoms with Crippen molar-refractivity contribution in [2.24, 2.45) is 5.73 Å². The van der Waals surface area contributed by atoms with E-state index in [-0.39, 0.29) is 0 Å². The van der Waals surface area contributed by atoms with Crippen molar-refractivity contribution >= 4 is 21.4 Å². The van der Waals surface area contributed by atoms with Crippen molar-refractivity contribution in [3.8, 4) is 0 Å². The van der Waals surface area contributed by atoms with E-state index >= 15 is 0 Å². The average molecular weight is 260 g/mol. The van der Waals surface area contributed by atoms with Crippen LogP contribution in [-0.2, 0) is 6.54 Å². The molecule has 0 saturated heterocycles. The van der Waals surface area contributed by atoms with Gasteiger partial charge in [0.05, 0.1) is 0 Å². The molecule has 0 radical (unpaired) electrons. The molecule has 0 bridgehead atoms. The fourth-order valence-electron chi connectivity index (χ4n) is 2.75. The van der Waals surface area contributed by atoms with Gasteiger partial charge in [-0.3, -0.25) is 0 Å². The van der Waals surface area contributed by atoms with Gasteiger partial charge >= 0.3 is 0 Å². The van der Waals surface area contributed by atoms with E-state index in [1.54, 1.807) is 0 Å². The quantitative estimate of drug-likeness (QED) is 0.889. The highest BCUT2D eigenvalue weighted by molar-refractivity contribution is 7.17. The Bertz CT molecular complexity index is 512. The molecule has 96 valence electrons. The summed E-state index contributed by atoms with van der Waals surface area (Å²) in [6.07, 6.45) is 4.79. The molecule has 1 fully saturated rings. The Kier molecular flexibility index (Phi) is 3.64. The van der Waals surface area contributed by atoms with Crippen LogP contribution in [0.15, 0.2) is 29.6 Å². The van der Waals surface area contributed by atoms with Gasteiger partial charge in [0.15, 0.2) is 0 Å². The van der Waals surface area contributed by atoms with E-state index in [1.165, 1.54) is 41.3 Å². The van der Waals surface area contributed by atoms with Gasteiger partial charge in [-0.25, -0.2) is 0 Å². The average Bonchev–Trinajstić information content (AvgIpc) is 2.82. The zero-order valence-electron chi connectivity index (χ0n) is 10.6. The van der Waals surface area contributed by atoms with E-state index in [2.05, 4.69) is 35.0 Å². The van der Waals surface area contributed by atoms with Crippen LogP contribution in [0, 0.1) is 0 Å². The lowest BCUT2D eigenvalue weighted by Gasteiger charge is -2.26. The molecular formula is C15H20N2S. The van der Waals surface area contributed by atoms with Crippen LogP contribution in [-0.4, -0.2) is 12.1 Å². The molecule has 0 unspecified atom stereocenters. The summed E-state index contributed by atoms with van der Waals surface area (Å²) in [6.45, 7) is 0.990. The number of nitrogens with two attached hydrogens (primary N) is 1. The van der Waals surface area contributed by atoms with E-state index in [0.29, 0.717) is 12.1 Å². The molecule has 0 aliphatic heterocycles. The largest absolute Gasteiger partial charge is 0.328 e. The minimum absolute atomic E-state index is 0.435. The lowest BCUT2D eigenvalue weighted by Crippen LogP contribution is -2.36. The van der Waals surface area contributed by atoms with Crippen molar-refractivity contribution in [2.45, 2.75) is 44.3 Å². The van der Waals surface area contributed by atoms with E-state index in [4.69, 9.17) is 5.73 Å². The van der Waals surface area contributed by atoms with Gasteiger partial charge in [0, 0.05) is 23.3 Å². The number of benzene rings is 1. The monoisotopic (exact) mass is 260 g/mol. The first kappa shape index (κ1) is 12.2. The van der Waals surface area contributed by atoms with Crippen LogP contribution in [0.3, 0.4) is 0 Å². The van der Waals surface area contributed by atoms with Gasteiger partial charge in [0.25, 0.3) is 0 Å². The van der Waals surface area contributed by atoms with Crippen molar-refractivity contribution in [1.82, 2.24) is 5.32 Å². The zero-order valence-corrected chi connectivity index (χ0v) is 11.4. The lowest BCUT2D eigenvalue weighted by molar-refractivity contribution is 0.342. The smallest absolute Gasteiger partial charge is 0.0346 e. The molecule has 1 aliphatic carbocycles. The fourth-order valence-corrected chi connectivity index (χ4v) is 3.71. The van der Waals surface area contributed by atoms with Crippen LogP contribution >= 0.6 is 11.3 Å². The molecule has 0 spiro atoms. The number of rotatable bonds is 3. The van der Waals surface area contributed by atoms with Crippen molar-refractivity contribution in [3.63, 3.8) is 0 Å². The Hall–Kier alpha value is -0.900. The number of fused-ring (bicyclic) bond motifs is 1. The second-order valence-corrected chi connectivity index (χ2v) is 6.16. The molecule has 1 saturated carbocycles. The molecule has 3 heteroatoms. The Balaban J connectivity index is 1.63. The van der Waals surface area contributed by atoms with Gasteiger partial charge in [-0.1, -0.05) is 18.2 Å². The number of nitrogens with one attached hydrogen (secondary N) is 1. The summed E-state index contributed by atoms with van der Waals surface area (Å²) in [6, 6.07) is 9.74. The molecule has 1 aromatic heterocycles. The van der Waals surface area contributed by atoms with Gasteiger partial charge in [-0.2, -0.15) is 0 Å². The van der Waals surface area contributed by atoms with Crippen LogP contribution in [0.1, 0.15) is 31.2 Å². The first-order chi connectivity index (χ1) is 8.83. The minimum Gasteiger partial charge on any atom is -0.328 e. The van der Waals surface area contributed by atoms with Crippen molar-refractivity contribution < 1.29 is 0 Å². The third-order valence-electron chi connectivity index (χ3n) is 3.91. The standard InChI is InChI=1S/C15H20N2S/c16-12-5-7-13(8-6-12)17-9-11-10-18-15-4-2-1-3-14(11)15/h1-4,10,12-13,17H,5-9,16H2. The van der Waals surface area contributed by atoms with Gasteiger partial charge in [-0.05, 0) is 48.1 Å². The third kappa shape index (κ3) is 2.58. The summed E-state index contributed by atoms with van der Waals surface area (Å²) < 4.78 is 1.39. The summed E-state index contributed by atoms with van der Waals surface area (Å²) >= 11 is 1.84. The van der Waals surface area contributed by atoms with Crippen LogP contribution < -0.4 is 11.1 Å². The first-order valence-corrected chi connectivity index (χ1v) is 7.65. The Morgan fingerprint density at radius 3 is 2.78 bits per heavy atom. The summed E-state index contributed by atoms with van der Waals surface area (Å²) in [4.78, 5) is 0. The number of hydrogen-bond donors (Lipinski definition) is 2. The van der Waals surface area contributed by atoms with Crippen LogP contribution in [0.5, 0.6) is 0 Å². The van der Waals surface area contributed by atoms with Gasteiger partial charge < -0.3 is 11.1 Å². The second kappa shape index (κ2) is 5.39. The second-order valence-electron chi connectivity index (χ2n) is 5.25. The number of thiophene rings is 1. The molecule has 1 heterocycles. The van der Waals surface area contributed by atoms with Gasteiger partial charge in [0.2, 0.25) is 0 Å². The Morgan fingerprint density at radius 2 is 1.94 bits per heavy atom. The Morgan fingerprint density at radius 1 is 1.17 bits per heavy atom. The summed E-state index contributed by atoms with van der Waals surface area (Å²) in [5.74, 6) is 0. The van der Waals surface area contributed by atoms with Crippen molar-refractivity contribution in [1.29, 1.82) is 0 Å². The normalized spacial score (nSPS) is 24.5. The fraction of sp³-hybridized carbons (Fsp3) is 0.467. The maximum atomic E-state index is 5.94. The summed E-state index contributed by atoms with van der Waals surface area (Å²) in [5.41, 5.74) is 7.37. The van der Waals surface area contributed by atoms with E-state index < -0.39 is 0 Å². The van der Waals surface area contributed by atoms with E-state index in [0.717, 1.165) is 6.54 Å². The number of hydrogen-bond acceptors (Lipinski definition) is 3. The summed E-state index contributed by atoms with van der Waals surface area (Å²) in [5, 5.41) is 7.38. The molecular weight excluding hydrogens is 240 g/mol. The molecule has 0 amide bonds. The molecule has 3 rings (SSSR count). The molecule has 1 aliphatic rings. The lowest BCUT2D eigenvalue weighted by atomic mass is 9.92. The van der Waals surface area contributed by atoms with Crippen LogP contribution in [0.25, 0.3) is 10.1 Å². The molecule has 2 aromatic rings. The highest BCUT2D eigenvalue weighted by Gasteiger charge is 2.18. The predicted molar refractivity (Wildman–Crippen MR) is 78.9 cm³/mol. The highest BCUT2D eigenvalue weighted by atomic mass is 32.1. The Labute approximate surface area is 112 Å². The van der Waals surface area contributed by atoms with E-state index in [1.807, 2.05) is 11.3 Å². The molecule has 3 N–H and O–H groups in total. The topological polar surface area (TPSA) is 38.0 Å². The molecule has 2 nitrogen and oxygen atoms in total.